The van der Waals surface area contributed by atoms with Crippen molar-refractivity contribution in [3.63, 3.8) is 0 Å². The molecule has 0 aromatic carbocycles. The average molecular weight is 249 g/mol. The van der Waals surface area contributed by atoms with Crippen molar-refractivity contribution < 1.29 is 9.15 Å². The van der Waals surface area contributed by atoms with E-state index in [2.05, 4.69) is 17.3 Å². The van der Waals surface area contributed by atoms with Crippen LogP contribution in [0.4, 0.5) is 0 Å². The minimum absolute atomic E-state index is 0.624. The van der Waals surface area contributed by atoms with Gasteiger partial charge in [0.1, 0.15) is 5.76 Å². The van der Waals surface area contributed by atoms with Gasteiger partial charge in [0.15, 0.2) is 5.75 Å². The summed E-state index contributed by atoms with van der Waals surface area (Å²) in [5, 5.41) is 7.32. The Balaban J connectivity index is 1.93. The van der Waals surface area contributed by atoms with Crippen molar-refractivity contribution in [2.45, 2.75) is 26.4 Å². The maximum Gasteiger partial charge on any atom is 0.157 e. The first-order valence-corrected chi connectivity index (χ1v) is 6.18. The molecule has 0 aliphatic heterocycles. The second-order valence-corrected chi connectivity index (χ2v) is 4.17. The molecule has 2 aromatic rings. The van der Waals surface area contributed by atoms with Crippen LogP contribution in [0.1, 0.15) is 24.7 Å². The van der Waals surface area contributed by atoms with Crippen LogP contribution < -0.4 is 10.1 Å². The summed E-state index contributed by atoms with van der Waals surface area (Å²) in [6.45, 7) is 4.24. The average Bonchev–Trinajstić information content (AvgIpc) is 2.98. The van der Waals surface area contributed by atoms with Gasteiger partial charge < -0.3 is 14.5 Å². The maximum atomic E-state index is 5.49. The number of hydrogen-bond acceptors (Lipinski definition) is 4. The summed E-state index contributed by atoms with van der Waals surface area (Å²) in [5.74, 6) is 1.70. The SMILES string of the molecule is CCCOc1cnn(Cc2cc(CNC)co2)c1. The van der Waals surface area contributed by atoms with E-state index in [1.807, 2.05) is 24.0 Å². The standard InChI is InChI=1S/C13H19N3O2/c1-3-4-17-13-7-15-16(9-13)8-12-5-11(6-14-2)10-18-12/h5,7,9-10,14H,3-4,6,8H2,1-2H3. The summed E-state index contributed by atoms with van der Waals surface area (Å²) in [6, 6.07) is 2.03. The number of ether oxygens (including phenoxy) is 1. The van der Waals surface area contributed by atoms with Crippen molar-refractivity contribution in [1.82, 2.24) is 15.1 Å². The summed E-state index contributed by atoms with van der Waals surface area (Å²) in [6.07, 6.45) is 6.38. The van der Waals surface area contributed by atoms with Crippen LogP contribution in [0.5, 0.6) is 5.75 Å². The van der Waals surface area contributed by atoms with Gasteiger partial charge in [0.2, 0.25) is 0 Å². The number of aromatic nitrogens is 2. The lowest BCUT2D eigenvalue weighted by molar-refractivity contribution is 0.317. The number of nitrogens with one attached hydrogen (secondary N) is 1. The molecule has 0 aliphatic carbocycles. The van der Waals surface area contributed by atoms with E-state index in [0.717, 1.165) is 36.6 Å². The number of furan rings is 1. The molecule has 2 aromatic heterocycles. The van der Waals surface area contributed by atoms with E-state index in [9.17, 15) is 0 Å². The molecule has 0 radical (unpaired) electrons. The van der Waals surface area contributed by atoms with E-state index >= 15 is 0 Å². The normalized spacial score (nSPS) is 10.8. The lowest BCUT2D eigenvalue weighted by Crippen LogP contribution is -2.03. The minimum Gasteiger partial charge on any atom is -0.490 e. The fourth-order valence-electron chi connectivity index (χ4n) is 1.69. The highest BCUT2D eigenvalue weighted by Gasteiger charge is 2.04. The van der Waals surface area contributed by atoms with Crippen molar-refractivity contribution in [1.29, 1.82) is 0 Å². The second kappa shape index (κ2) is 6.26. The molecule has 5 heteroatoms. The fourth-order valence-corrected chi connectivity index (χ4v) is 1.69. The van der Waals surface area contributed by atoms with Gasteiger partial charge in [-0.2, -0.15) is 5.10 Å². The van der Waals surface area contributed by atoms with Crippen LogP contribution in [0.2, 0.25) is 0 Å². The molecule has 0 saturated carbocycles. The zero-order chi connectivity index (χ0) is 12.8. The first kappa shape index (κ1) is 12.7. The summed E-state index contributed by atoms with van der Waals surface area (Å²) in [7, 11) is 1.91. The quantitative estimate of drug-likeness (QED) is 0.815. The van der Waals surface area contributed by atoms with Gasteiger partial charge in [0.25, 0.3) is 0 Å². The molecule has 0 spiro atoms. The summed E-state index contributed by atoms with van der Waals surface area (Å²) in [4.78, 5) is 0. The Morgan fingerprint density at radius 2 is 2.39 bits per heavy atom. The topological polar surface area (TPSA) is 52.2 Å². The first-order chi connectivity index (χ1) is 8.81. The second-order valence-electron chi connectivity index (χ2n) is 4.17. The van der Waals surface area contributed by atoms with E-state index in [1.165, 1.54) is 0 Å². The van der Waals surface area contributed by atoms with Crippen LogP contribution in [0.3, 0.4) is 0 Å². The molecule has 98 valence electrons. The Bertz CT molecular complexity index is 476. The molecule has 18 heavy (non-hydrogen) atoms. The molecule has 0 saturated heterocycles. The Kier molecular flexibility index (Phi) is 4.41. The highest BCUT2D eigenvalue weighted by Crippen LogP contribution is 2.12. The Labute approximate surface area is 107 Å². The van der Waals surface area contributed by atoms with Crippen LogP contribution in [0.25, 0.3) is 0 Å². The first-order valence-electron chi connectivity index (χ1n) is 6.18. The van der Waals surface area contributed by atoms with Crippen LogP contribution in [-0.2, 0) is 13.1 Å². The van der Waals surface area contributed by atoms with Crippen molar-refractivity contribution in [3.05, 3.63) is 36.0 Å². The van der Waals surface area contributed by atoms with Gasteiger partial charge in [-0.3, -0.25) is 4.68 Å². The molecular weight excluding hydrogens is 230 g/mol. The van der Waals surface area contributed by atoms with Crippen molar-refractivity contribution in [2.24, 2.45) is 0 Å². The fraction of sp³-hybridized carbons (Fsp3) is 0.462. The van der Waals surface area contributed by atoms with Gasteiger partial charge in [0, 0.05) is 12.1 Å². The predicted molar refractivity (Wildman–Crippen MR) is 68.6 cm³/mol. The van der Waals surface area contributed by atoms with Gasteiger partial charge in [-0.15, -0.1) is 0 Å². The largest absolute Gasteiger partial charge is 0.490 e. The lowest BCUT2D eigenvalue weighted by atomic mass is 10.3. The number of rotatable bonds is 7. The molecule has 0 atom stereocenters. The van der Waals surface area contributed by atoms with E-state index in [1.54, 1.807) is 12.5 Å². The third-order valence-corrected chi connectivity index (χ3v) is 2.49. The van der Waals surface area contributed by atoms with E-state index in [4.69, 9.17) is 9.15 Å². The Morgan fingerprint density at radius 1 is 1.50 bits per heavy atom. The van der Waals surface area contributed by atoms with Gasteiger partial charge in [-0.1, -0.05) is 6.92 Å². The lowest BCUT2D eigenvalue weighted by Gasteiger charge is -1.99. The number of nitrogens with zero attached hydrogens (tertiary/aromatic N) is 2. The Hall–Kier alpha value is -1.75. The van der Waals surface area contributed by atoms with Crippen LogP contribution in [0.15, 0.2) is 29.1 Å². The molecule has 2 heterocycles. The Morgan fingerprint density at radius 3 is 3.17 bits per heavy atom. The zero-order valence-corrected chi connectivity index (χ0v) is 10.8. The van der Waals surface area contributed by atoms with Crippen molar-refractivity contribution in [3.8, 4) is 5.75 Å². The monoisotopic (exact) mass is 249 g/mol. The highest BCUT2D eigenvalue weighted by molar-refractivity contribution is 5.15. The van der Waals surface area contributed by atoms with Gasteiger partial charge in [0.05, 0.1) is 31.8 Å². The van der Waals surface area contributed by atoms with Crippen molar-refractivity contribution >= 4 is 0 Å². The van der Waals surface area contributed by atoms with Gasteiger partial charge >= 0.3 is 0 Å². The molecule has 5 nitrogen and oxygen atoms in total. The molecular formula is C13H19N3O2. The molecule has 0 aliphatic rings. The zero-order valence-electron chi connectivity index (χ0n) is 10.8. The van der Waals surface area contributed by atoms with Crippen LogP contribution in [-0.4, -0.2) is 23.4 Å². The third-order valence-electron chi connectivity index (χ3n) is 2.49. The van der Waals surface area contributed by atoms with Crippen LogP contribution >= 0.6 is 0 Å². The third kappa shape index (κ3) is 3.37. The highest BCUT2D eigenvalue weighted by atomic mass is 16.5. The van der Waals surface area contributed by atoms with E-state index < -0.39 is 0 Å². The summed E-state index contributed by atoms with van der Waals surface area (Å²) in [5.41, 5.74) is 1.14. The predicted octanol–water partition coefficient (Wildman–Crippen LogP) is 2.03. The minimum atomic E-state index is 0.624. The molecule has 0 bridgehead atoms. The summed E-state index contributed by atoms with van der Waals surface area (Å²) >= 11 is 0. The van der Waals surface area contributed by atoms with E-state index in [-0.39, 0.29) is 0 Å². The molecule has 2 rings (SSSR count). The molecule has 0 unspecified atom stereocenters. The smallest absolute Gasteiger partial charge is 0.157 e. The van der Waals surface area contributed by atoms with E-state index in [0.29, 0.717) is 6.54 Å². The van der Waals surface area contributed by atoms with Crippen LogP contribution in [0, 0.1) is 0 Å². The molecule has 0 fully saturated rings. The van der Waals surface area contributed by atoms with Crippen molar-refractivity contribution in [2.75, 3.05) is 13.7 Å². The van der Waals surface area contributed by atoms with Gasteiger partial charge in [-0.05, 0) is 19.5 Å². The maximum absolute atomic E-state index is 5.49. The molecule has 1 N–H and O–H groups in total. The summed E-state index contributed by atoms with van der Waals surface area (Å²) < 4.78 is 12.8. The van der Waals surface area contributed by atoms with Gasteiger partial charge in [-0.25, -0.2) is 0 Å². The number of hydrogen-bond donors (Lipinski definition) is 1. The molecule has 0 amide bonds.